The summed E-state index contributed by atoms with van der Waals surface area (Å²) >= 11 is 3.51. The molecule has 1 aliphatic carbocycles. The van der Waals surface area contributed by atoms with E-state index in [0.717, 1.165) is 39.5 Å². The first kappa shape index (κ1) is 17.0. The number of thioether (sulfide) groups is 1. The van der Waals surface area contributed by atoms with Gasteiger partial charge in [0.25, 0.3) is 0 Å². The van der Waals surface area contributed by atoms with Crippen LogP contribution in [0.25, 0.3) is 20.4 Å². The van der Waals surface area contributed by atoms with Crippen molar-refractivity contribution in [3.8, 4) is 0 Å². The minimum atomic E-state index is 0.463. The highest BCUT2D eigenvalue weighted by molar-refractivity contribution is 7.99. The number of nitrogens with zero attached hydrogens (tertiary/aromatic N) is 3. The lowest BCUT2D eigenvalue weighted by Crippen LogP contribution is -2.10. The molecule has 0 fully saturated rings. The van der Waals surface area contributed by atoms with E-state index in [2.05, 4.69) is 37.3 Å². The first-order valence-electron chi connectivity index (χ1n) is 8.92. The molecule has 5 heteroatoms. The number of aromatic nitrogens is 3. The van der Waals surface area contributed by atoms with Gasteiger partial charge in [-0.1, -0.05) is 26.0 Å². The molecule has 0 aliphatic heterocycles. The molecule has 3 nitrogen and oxygen atoms in total. The van der Waals surface area contributed by atoms with Crippen LogP contribution >= 0.6 is 23.1 Å². The van der Waals surface area contributed by atoms with E-state index < -0.39 is 0 Å². The van der Waals surface area contributed by atoms with Gasteiger partial charge in [0.1, 0.15) is 16.2 Å². The molecule has 0 aromatic carbocycles. The Labute approximate surface area is 157 Å². The van der Waals surface area contributed by atoms with Gasteiger partial charge in [-0.3, -0.25) is 0 Å². The zero-order valence-corrected chi connectivity index (χ0v) is 16.7. The summed E-state index contributed by atoms with van der Waals surface area (Å²) in [6.07, 6.45) is 6.56. The summed E-state index contributed by atoms with van der Waals surface area (Å²) in [4.78, 5) is 15.4. The molecule has 3 heterocycles. The highest BCUT2D eigenvalue weighted by atomic mass is 32.2. The topological polar surface area (TPSA) is 38.7 Å². The third-order valence-electron chi connectivity index (χ3n) is 4.72. The van der Waals surface area contributed by atoms with Crippen LogP contribution in [0.15, 0.2) is 23.5 Å². The Morgan fingerprint density at radius 3 is 2.72 bits per heavy atom. The fourth-order valence-electron chi connectivity index (χ4n) is 3.64. The van der Waals surface area contributed by atoms with E-state index in [0.29, 0.717) is 5.92 Å². The van der Waals surface area contributed by atoms with Crippen molar-refractivity contribution >= 4 is 43.5 Å². The van der Waals surface area contributed by atoms with Gasteiger partial charge in [-0.15, -0.1) is 23.1 Å². The molecule has 0 unspecified atom stereocenters. The minimum Gasteiger partial charge on any atom is -0.241 e. The smallest absolute Gasteiger partial charge is 0.126 e. The molecule has 0 spiro atoms. The van der Waals surface area contributed by atoms with E-state index in [9.17, 15) is 0 Å². The van der Waals surface area contributed by atoms with Gasteiger partial charge in [-0.05, 0) is 49.7 Å². The van der Waals surface area contributed by atoms with E-state index in [1.54, 1.807) is 29.4 Å². The molecule has 4 rings (SSSR count). The van der Waals surface area contributed by atoms with Crippen LogP contribution < -0.4 is 0 Å². The van der Waals surface area contributed by atoms with Crippen LogP contribution in [0.4, 0.5) is 0 Å². The summed E-state index contributed by atoms with van der Waals surface area (Å²) in [5, 5.41) is 2.35. The molecule has 0 amide bonds. The third kappa shape index (κ3) is 2.97. The highest BCUT2D eigenvalue weighted by Crippen LogP contribution is 2.42. The Bertz CT molecular complexity index is 972. The lowest BCUT2D eigenvalue weighted by Gasteiger charge is -2.21. The molecule has 0 bridgehead atoms. The highest BCUT2D eigenvalue weighted by Gasteiger charge is 2.24. The fraction of sp³-hybridized carbons (Fsp3) is 0.450. The van der Waals surface area contributed by atoms with Crippen LogP contribution in [-0.2, 0) is 12.8 Å². The molecule has 1 aliphatic rings. The van der Waals surface area contributed by atoms with Crippen molar-refractivity contribution in [3.63, 3.8) is 0 Å². The summed E-state index contributed by atoms with van der Waals surface area (Å²) in [5.41, 5.74) is 6.54. The van der Waals surface area contributed by atoms with Crippen LogP contribution in [0.1, 0.15) is 56.4 Å². The zero-order valence-electron chi connectivity index (χ0n) is 15.1. The molecule has 3 aromatic heterocycles. The van der Waals surface area contributed by atoms with Crippen LogP contribution in [0.3, 0.4) is 0 Å². The summed E-state index contributed by atoms with van der Waals surface area (Å²) in [6.45, 7) is 10.6. The number of pyridine rings is 1. The normalized spacial score (nSPS) is 14.4. The summed E-state index contributed by atoms with van der Waals surface area (Å²) in [7, 11) is 0. The number of aryl methyl sites for hydroxylation is 1. The first-order valence-corrected chi connectivity index (χ1v) is 10.7. The summed E-state index contributed by atoms with van der Waals surface area (Å²) < 4.78 is 1.19. The summed E-state index contributed by atoms with van der Waals surface area (Å²) in [5.74, 6) is 1.35. The Hall–Kier alpha value is -1.46. The lowest BCUT2D eigenvalue weighted by atomic mass is 9.86. The van der Waals surface area contributed by atoms with Crippen molar-refractivity contribution in [3.05, 3.63) is 35.3 Å². The van der Waals surface area contributed by atoms with Crippen molar-refractivity contribution in [2.75, 3.05) is 5.75 Å². The Kier molecular flexibility index (Phi) is 4.54. The van der Waals surface area contributed by atoms with Crippen LogP contribution in [0.2, 0.25) is 0 Å². The van der Waals surface area contributed by atoms with Crippen molar-refractivity contribution in [2.45, 2.75) is 57.4 Å². The molecular formula is C20H23N3S2. The van der Waals surface area contributed by atoms with Gasteiger partial charge in [-0.2, -0.15) is 0 Å². The zero-order chi connectivity index (χ0) is 17.6. The molecule has 0 N–H and O–H groups in total. The number of rotatable bonds is 4. The van der Waals surface area contributed by atoms with Crippen molar-refractivity contribution in [1.29, 1.82) is 0 Å². The predicted octanol–water partition coefficient (Wildman–Crippen LogP) is 5.91. The van der Waals surface area contributed by atoms with Gasteiger partial charge in [0.05, 0.1) is 10.2 Å². The van der Waals surface area contributed by atoms with Gasteiger partial charge in [0.2, 0.25) is 0 Å². The largest absolute Gasteiger partial charge is 0.241 e. The second-order valence-corrected chi connectivity index (χ2v) is 9.16. The van der Waals surface area contributed by atoms with Gasteiger partial charge in [-0.25, -0.2) is 15.0 Å². The van der Waals surface area contributed by atoms with E-state index in [4.69, 9.17) is 4.98 Å². The van der Waals surface area contributed by atoms with Crippen molar-refractivity contribution < 1.29 is 0 Å². The second kappa shape index (κ2) is 6.69. The van der Waals surface area contributed by atoms with Gasteiger partial charge in [0, 0.05) is 16.8 Å². The molecule has 25 heavy (non-hydrogen) atoms. The van der Waals surface area contributed by atoms with Crippen LogP contribution in [0.5, 0.6) is 0 Å². The maximum atomic E-state index is 5.09. The van der Waals surface area contributed by atoms with Crippen molar-refractivity contribution in [2.24, 2.45) is 0 Å². The average Bonchev–Trinajstić information content (AvgIpc) is 2.98. The van der Waals surface area contributed by atoms with Crippen molar-refractivity contribution in [1.82, 2.24) is 15.0 Å². The van der Waals surface area contributed by atoms with E-state index in [1.807, 2.05) is 0 Å². The number of fused-ring (bicyclic) bond motifs is 5. The molecule has 0 saturated heterocycles. The Morgan fingerprint density at radius 1 is 1.24 bits per heavy atom. The summed E-state index contributed by atoms with van der Waals surface area (Å²) in [6, 6.07) is 0. The van der Waals surface area contributed by atoms with Crippen LogP contribution in [0, 0.1) is 0 Å². The first-order chi connectivity index (χ1) is 12.1. The number of hydrogen-bond acceptors (Lipinski definition) is 5. The molecule has 0 atom stereocenters. The molecular weight excluding hydrogens is 346 g/mol. The monoisotopic (exact) mass is 369 g/mol. The SMILES string of the molecule is C=C(C)CSc1ncnc2c1sc1nc(C(C)C)c3c(c12)CCCC3. The number of hydrogen-bond donors (Lipinski definition) is 0. The average molecular weight is 370 g/mol. The van der Waals surface area contributed by atoms with Gasteiger partial charge >= 0.3 is 0 Å². The Balaban J connectivity index is 1.99. The quantitative estimate of drug-likeness (QED) is 0.325. The fourth-order valence-corrected chi connectivity index (χ4v) is 5.73. The molecule has 0 radical (unpaired) electrons. The van der Waals surface area contributed by atoms with Gasteiger partial charge in [0.15, 0.2) is 0 Å². The Morgan fingerprint density at radius 2 is 2.00 bits per heavy atom. The van der Waals surface area contributed by atoms with E-state index >= 15 is 0 Å². The third-order valence-corrected chi connectivity index (χ3v) is 7.15. The lowest BCUT2D eigenvalue weighted by molar-refractivity contribution is 0.667. The molecule has 3 aromatic rings. The maximum Gasteiger partial charge on any atom is 0.126 e. The maximum absolute atomic E-state index is 5.09. The predicted molar refractivity (Wildman–Crippen MR) is 109 cm³/mol. The van der Waals surface area contributed by atoms with E-state index in [-0.39, 0.29) is 0 Å². The minimum absolute atomic E-state index is 0.463. The molecule has 130 valence electrons. The molecule has 0 saturated carbocycles. The second-order valence-electron chi connectivity index (χ2n) is 7.20. The van der Waals surface area contributed by atoms with E-state index in [1.165, 1.54) is 39.7 Å². The van der Waals surface area contributed by atoms with Crippen LogP contribution in [-0.4, -0.2) is 20.7 Å². The standard InChI is InChI=1S/C20H23N3S2/c1-11(2)9-24-20-18-17(21-10-22-20)15-13-7-5-6-8-14(13)16(12(3)4)23-19(15)25-18/h10,12H,1,5-9H2,2-4H3. The van der Waals surface area contributed by atoms with Gasteiger partial charge < -0.3 is 0 Å². The number of thiophene rings is 1.